The maximum atomic E-state index is 12.5. The molecule has 0 spiro atoms. The molecule has 1 unspecified atom stereocenters. The van der Waals surface area contributed by atoms with Gasteiger partial charge in [-0.05, 0) is 23.7 Å². The fourth-order valence-corrected chi connectivity index (χ4v) is 2.88. The number of ketones is 1. The van der Waals surface area contributed by atoms with E-state index in [4.69, 9.17) is 0 Å². The fourth-order valence-electron chi connectivity index (χ4n) is 2.88. The third-order valence-electron chi connectivity index (χ3n) is 3.66. The number of rotatable bonds is 2. The van der Waals surface area contributed by atoms with Crippen molar-refractivity contribution in [2.75, 3.05) is 0 Å². The highest BCUT2D eigenvalue weighted by Crippen LogP contribution is 2.47. The molecule has 0 fully saturated rings. The van der Waals surface area contributed by atoms with E-state index in [1.165, 1.54) is 5.57 Å². The van der Waals surface area contributed by atoms with Crippen molar-refractivity contribution in [3.63, 3.8) is 0 Å². The Labute approximate surface area is 107 Å². The summed E-state index contributed by atoms with van der Waals surface area (Å²) in [6.45, 7) is 15.4. The molecule has 0 amide bonds. The molecular weight excluding hydrogens is 208 g/mol. The molecule has 0 aromatic rings. The van der Waals surface area contributed by atoms with E-state index < -0.39 is 0 Å². The first-order chi connectivity index (χ1) is 7.59. The van der Waals surface area contributed by atoms with Crippen molar-refractivity contribution >= 4 is 5.78 Å². The smallest absolute Gasteiger partial charge is 0.162 e. The molecule has 0 saturated carbocycles. The molecule has 0 aromatic carbocycles. The Morgan fingerprint density at radius 1 is 1.06 bits per heavy atom. The number of allylic oxidation sites excluding steroid dienone is 2. The van der Waals surface area contributed by atoms with Crippen LogP contribution in [0.5, 0.6) is 0 Å². The minimum Gasteiger partial charge on any atom is -0.294 e. The zero-order valence-electron chi connectivity index (χ0n) is 12.6. The zero-order valence-corrected chi connectivity index (χ0v) is 12.6. The van der Waals surface area contributed by atoms with Crippen LogP contribution in [0.2, 0.25) is 0 Å². The van der Waals surface area contributed by atoms with Gasteiger partial charge in [-0.3, -0.25) is 4.79 Å². The van der Waals surface area contributed by atoms with E-state index >= 15 is 0 Å². The fraction of sp³-hybridized carbons (Fsp3) is 0.812. The quantitative estimate of drug-likeness (QED) is 0.675. The van der Waals surface area contributed by atoms with Crippen LogP contribution in [-0.4, -0.2) is 5.78 Å². The Kier molecular flexibility index (Phi) is 3.91. The minimum absolute atomic E-state index is 0.0117. The molecule has 0 bridgehead atoms. The van der Waals surface area contributed by atoms with Gasteiger partial charge in [0, 0.05) is 11.5 Å². The SMILES string of the molecule is CCCC1CC(C(C)(C)C)=C(C(C)(C)C)C1=O. The lowest BCUT2D eigenvalue weighted by Crippen LogP contribution is -2.21. The highest BCUT2D eigenvalue weighted by Gasteiger charge is 2.41. The average Bonchev–Trinajstić information content (AvgIpc) is 2.43. The summed E-state index contributed by atoms with van der Waals surface area (Å²) in [6.07, 6.45) is 3.13. The highest BCUT2D eigenvalue weighted by molar-refractivity contribution is 6.01. The van der Waals surface area contributed by atoms with Gasteiger partial charge in [-0.15, -0.1) is 0 Å². The predicted molar refractivity (Wildman–Crippen MR) is 74.0 cm³/mol. The van der Waals surface area contributed by atoms with E-state index in [0.29, 0.717) is 5.78 Å². The third-order valence-corrected chi connectivity index (χ3v) is 3.66. The lowest BCUT2D eigenvalue weighted by molar-refractivity contribution is -0.119. The van der Waals surface area contributed by atoms with Gasteiger partial charge in [0.15, 0.2) is 5.78 Å². The minimum atomic E-state index is -0.0117. The van der Waals surface area contributed by atoms with Crippen LogP contribution < -0.4 is 0 Å². The number of carbonyl (C=O) groups excluding carboxylic acids is 1. The second kappa shape index (κ2) is 4.59. The molecule has 0 radical (unpaired) electrons. The van der Waals surface area contributed by atoms with E-state index in [-0.39, 0.29) is 16.7 Å². The summed E-state index contributed by atoms with van der Waals surface area (Å²) in [6, 6.07) is 0. The van der Waals surface area contributed by atoms with E-state index in [1.54, 1.807) is 0 Å². The van der Waals surface area contributed by atoms with E-state index in [1.807, 2.05) is 0 Å². The van der Waals surface area contributed by atoms with Crippen LogP contribution in [-0.2, 0) is 4.79 Å². The zero-order chi connectivity index (χ0) is 13.4. The number of Topliss-reactive ketones (excluding diaryl/α,β-unsaturated/α-hetero) is 1. The normalized spacial score (nSPS) is 22.5. The molecule has 1 aliphatic carbocycles. The molecule has 1 aliphatic rings. The summed E-state index contributed by atoms with van der Waals surface area (Å²) >= 11 is 0. The maximum absolute atomic E-state index is 12.5. The molecule has 0 N–H and O–H groups in total. The highest BCUT2D eigenvalue weighted by atomic mass is 16.1. The standard InChI is InChI=1S/C16H28O/c1-8-9-11-10-12(15(2,3)4)13(14(11)17)16(5,6)7/h11H,8-10H2,1-7H3. The summed E-state index contributed by atoms with van der Waals surface area (Å²) < 4.78 is 0. The van der Waals surface area contributed by atoms with Crippen molar-refractivity contribution in [3.8, 4) is 0 Å². The largest absolute Gasteiger partial charge is 0.294 e. The van der Waals surface area contributed by atoms with Gasteiger partial charge in [0.25, 0.3) is 0 Å². The van der Waals surface area contributed by atoms with Crippen molar-refractivity contribution < 1.29 is 4.79 Å². The van der Waals surface area contributed by atoms with Gasteiger partial charge < -0.3 is 0 Å². The number of carbonyl (C=O) groups is 1. The lowest BCUT2D eigenvalue weighted by Gasteiger charge is -2.28. The third kappa shape index (κ3) is 3.00. The molecular formula is C16H28O. The number of hydrogen-bond donors (Lipinski definition) is 0. The van der Waals surface area contributed by atoms with E-state index in [0.717, 1.165) is 24.8 Å². The van der Waals surface area contributed by atoms with Crippen LogP contribution in [0.15, 0.2) is 11.1 Å². The van der Waals surface area contributed by atoms with Crippen molar-refractivity contribution in [3.05, 3.63) is 11.1 Å². The maximum Gasteiger partial charge on any atom is 0.162 e. The van der Waals surface area contributed by atoms with Crippen LogP contribution >= 0.6 is 0 Å². The van der Waals surface area contributed by atoms with Gasteiger partial charge >= 0.3 is 0 Å². The molecule has 1 heteroatoms. The van der Waals surface area contributed by atoms with Crippen LogP contribution in [0.1, 0.15) is 67.7 Å². The lowest BCUT2D eigenvalue weighted by atomic mass is 9.76. The summed E-state index contributed by atoms with van der Waals surface area (Å²) in [4.78, 5) is 12.5. The van der Waals surface area contributed by atoms with Crippen molar-refractivity contribution in [2.24, 2.45) is 16.7 Å². The van der Waals surface area contributed by atoms with Crippen LogP contribution in [0, 0.1) is 16.7 Å². The van der Waals surface area contributed by atoms with Crippen molar-refractivity contribution in [2.45, 2.75) is 67.7 Å². The first-order valence-electron chi connectivity index (χ1n) is 6.87. The van der Waals surface area contributed by atoms with Gasteiger partial charge in [0.2, 0.25) is 0 Å². The van der Waals surface area contributed by atoms with Gasteiger partial charge in [-0.1, -0.05) is 60.5 Å². The molecule has 0 aliphatic heterocycles. The first kappa shape index (κ1) is 14.5. The monoisotopic (exact) mass is 236 g/mol. The van der Waals surface area contributed by atoms with E-state index in [2.05, 4.69) is 48.5 Å². The summed E-state index contributed by atoms with van der Waals surface area (Å²) in [7, 11) is 0. The van der Waals surface area contributed by atoms with Crippen molar-refractivity contribution in [1.82, 2.24) is 0 Å². The first-order valence-corrected chi connectivity index (χ1v) is 6.87. The Balaban J connectivity index is 3.18. The molecule has 0 aromatic heterocycles. The topological polar surface area (TPSA) is 17.1 Å². The Bertz CT molecular complexity index is 334. The summed E-state index contributed by atoms with van der Waals surface area (Å²) in [5.74, 6) is 0.674. The molecule has 98 valence electrons. The Morgan fingerprint density at radius 2 is 1.59 bits per heavy atom. The Morgan fingerprint density at radius 3 is 1.88 bits per heavy atom. The van der Waals surface area contributed by atoms with Crippen LogP contribution in [0.25, 0.3) is 0 Å². The van der Waals surface area contributed by atoms with Crippen LogP contribution in [0.3, 0.4) is 0 Å². The molecule has 17 heavy (non-hydrogen) atoms. The number of hydrogen-bond acceptors (Lipinski definition) is 1. The second-order valence-corrected chi connectivity index (χ2v) is 7.41. The average molecular weight is 236 g/mol. The van der Waals surface area contributed by atoms with Crippen molar-refractivity contribution in [1.29, 1.82) is 0 Å². The van der Waals surface area contributed by atoms with Gasteiger partial charge in [0.05, 0.1) is 0 Å². The predicted octanol–water partition coefficient (Wildman–Crippen LogP) is 4.76. The summed E-state index contributed by atoms with van der Waals surface area (Å²) in [5.41, 5.74) is 2.63. The second-order valence-electron chi connectivity index (χ2n) is 7.41. The van der Waals surface area contributed by atoms with Gasteiger partial charge in [-0.2, -0.15) is 0 Å². The molecule has 0 heterocycles. The molecule has 1 nitrogen and oxygen atoms in total. The molecule has 1 rings (SSSR count). The molecule has 1 atom stereocenters. The van der Waals surface area contributed by atoms with Gasteiger partial charge in [-0.25, -0.2) is 0 Å². The molecule has 0 saturated heterocycles. The van der Waals surface area contributed by atoms with Crippen LogP contribution in [0.4, 0.5) is 0 Å². The Hall–Kier alpha value is -0.590. The summed E-state index contributed by atoms with van der Waals surface area (Å²) in [5, 5.41) is 0. The van der Waals surface area contributed by atoms with Gasteiger partial charge in [0.1, 0.15) is 0 Å². The van der Waals surface area contributed by atoms with E-state index in [9.17, 15) is 4.79 Å².